The third-order valence-electron chi connectivity index (χ3n) is 1.73. The molecule has 1 aliphatic heterocycles. The second-order valence-electron chi connectivity index (χ2n) is 3.80. The standard InChI is InChI=1S/C10H15N3O2/c1-4-15-9(14)8-12-6-10(2,3)5-7(11)13-8/h5-6H,4,11H2,1-3H3. The quantitative estimate of drug-likeness (QED) is 0.685. The van der Waals surface area contributed by atoms with Gasteiger partial charge in [0.2, 0.25) is 5.84 Å². The van der Waals surface area contributed by atoms with Crippen LogP contribution in [-0.2, 0) is 9.53 Å². The van der Waals surface area contributed by atoms with Gasteiger partial charge in [-0.3, -0.25) is 0 Å². The van der Waals surface area contributed by atoms with Crippen molar-refractivity contribution in [1.82, 2.24) is 0 Å². The van der Waals surface area contributed by atoms with Crippen LogP contribution in [0.1, 0.15) is 20.8 Å². The molecule has 0 amide bonds. The first-order valence-electron chi connectivity index (χ1n) is 4.74. The van der Waals surface area contributed by atoms with Crippen molar-refractivity contribution in [2.75, 3.05) is 6.61 Å². The van der Waals surface area contributed by atoms with E-state index in [-0.39, 0.29) is 17.1 Å². The van der Waals surface area contributed by atoms with E-state index in [2.05, 4.69) is 9.98 Å². The molecule has 0 bridgehead atoms. The molecule has 0 fully saturated rings. The number of amidine groups is 1. The van der Waals surface area contributed by atoms with Gasteiger partial charge in [-0.1, -0.05) is 13.8 Å². The van der Waals surface area contributed by atoms with Gasteiger partial charge in [-0.05, 0) is 13.0 Å². The summed E-state index contributed by atoms with van der Waals surface area (Å²) in [5.41, 5.74) is 5.32. The molecule has 2 N–H and O–H groups in total. The van der Waals surface area contributed by atoms with Gasteiger partial charge in [0.1, 0.15) is 5.82 Å². The molecule has 0 atom stereocenters. The molecule has 0 aromatic carbocycles. The number of hydrogen-bond donors (Lipinski definition) is 1. The van der Waals surface area contributed by atoms with Crippen molar-refractivity contribution in [3.63, 3.8) is 0 Å². The van der Waals surface area contributed by atoms with E-state index in [4.69, 9.17) is 10.5 Å². The van der Waals surface area contributed by atoms with E-state index < -0.39 is 5.97 Å². The Balaban J connectivity index is 2.94. The summed E-state index contributed by atoms with van der Waals surface area (Å²) in [7, 11) is 0. The molecule has 0 aromatic rings. The summed E-state index contributed by atoms with van der Waals surface area (Å²) in [6, 6.07) is 0. The van der Waals surface area contributed by atoms with E-state index in [1.807, 2.05) is 13.8 Å². The lowest BCUT2D eigenvalue weighted by Gasteiger charge is -2.11. The van der Waals surface area contributed by atoms with Gasteiger partial charge in [0.15, 0.2) is 0 Å². The first kappa shape index (κ1) is 11.4. The normalized spacial score (nSPS) is 18.9. The van der Waals surface area contributed by atoms with Crippen molar-refractivity contribution >= 4 is 18.0 Å². The predicted octanol–water partition coefficient (Wildman–Crippen LogP) is 0.859. The van der Waals surface area contributed by atoms with Gasteiger partial charge in [0.25, 0.3) is 0 Å². The molecule has 15 heavy (non-hydrogen) atoms. The Bertz CT molecular complexity index is 354. The van der Waals surface area contributed by atoms with Crippen molar-refractivity contribution in [3.8, 4) is 0 Å². The molecule has 82 valence electrons. The Kier molecular flexibility index (Phi) is 3.24. The first-order chi connectivity index (χ1) is 6.94. The van der Waals surface area contributed by atoms with Gasteiger partial charge in [0, 0.05) is 11.6 Å². The summed E-state index contributed by atoms with van der Waals surface area (Å²) in [4.78, 5) is 19.2. The number of nitrogens with two attached hydrogens (primary N) is 1. The summed E-state index contributed by atoms with van der Waals surface area (Å²) < 4.78 is 4.79. The Morgan fingerprint density at radius 2 is 2.27 bits per heavy atom. The van der Waals surface area contributed by atoms with Crippen LogP contribution < -0.4 is 5.73 Å². The highest BCUT2D eigenvalue weighted by Crippen LogP contribution is 2.17. The molecule has 1 aliphatic rings. The van der Waals surface area contributed by atoms with E-state index in [1.54, 1.807) is 19.2 Å². The van der Waals surface area contributed by atoms with E-state index in [0.717, 1.165) is 0 Å². The molecular weight excluding hydrogens is 194 g/mol. The average Bonchev–Trinajstić information content (AvgIpc) is 2.23. The maximum Gasteiger partial charge on any atom is 0.376 e. The molecular formula is C10H15N3O2. The second-order valence-corrected chi connectivity index (χ2v) is 3.80. The van der Waals surface area contributed by atoms with Crippen LogP contribution in [0.3, 0.4) is 0 Å². The minimum atomic E-state index is -0.553. The minimum Gasteiger partial charge on any atom is -0.460 e. The summed E-state index contributed by atoms with van der Waals surface area (Å²) in [6.45, 7) is 5.86. The Labute approximate surface area is 88.7 Å². The molecule has 0 saturated heterocycles. The van der Waals surface area contributed by atoms with Crippen LogP contribution in [0, 0.1) is 5.41 Å². The monoisotopic (exact) mass is 209 g/mol. The maximum absolute atomic E-state index is 11.4. The fourth-order valence-electron chi connectivity index (χ4n) is 1.12. The van der Waals surface area contributed by atoms with Crippen LogP contribution in [0.15, 0.2) is 21.9 Å². The van der Waals surface area contributed by atoms with Crippen molar-refractivity contribution in [2.45, 2.75) is 20.8 Å². The van der Waals surface area contributed by atoms with Crippen LogP contribution in [0.4, 0.5) is 0 Å². The number of ether oxygens (including phenoxy) is 1. The zero-order valence-electron chi connectivity index (χ0n) is 9.15. The van der Waals surface area contributed by atoms with Crippen molar-refractivity contribution in [2.24, 2.45) is 21.1 Å². The number of nitrogens with zero attached hydrogens (tertiary/aromatic N) is 2. The Hall–Kier alpha value is -1.65. The number of allylic oxidation sites excluding steroid dienone is 1. The molecule has 0 spiro atoms. The van der Waals surface area contributed by atoms with E-state index in [1.165, 1.54) is 0 Å². The SMILES string of the molecule is CCOC(=O)C1=NC(N)=CC(C)(C)C=N1. The minimum absolute atomic E-state index is 0.00354. The van der Waals surface area contributed by atoms with E-state index >= 15 is 0 Å². The molecule has 0 aromatic heterocycles. The highest BCUT2D eigenvalue weighted by molar-refractivity contribution is 6.37. The molecule has 1 rings (SSSR count). The van der Waals surface area contributed by atoms with Gasteiger partial charge in [-0.2, -0.15) is 0 Å². The molecule has 5 heteroatoms. The van der Waals surface area contributed by atoms with Crippen LogP contribution in [0.5, 0.6) is 0 Å². The van der Waals surface area contributed by atoms with Crippen LogP contribution in [-0.4, -0.2) is 24.6 Å². The fraction of sp³-hybridized carbons (Fsp3) is 0.500. The largest absolute Gasteiger partial charge is 0.460 e. The van der Waals surface area contributed by atoms with Gasteiger partial charge in [-0.25, -0.2) is 14.8 Å². The summed E-state index contributed by atoms with van der Waals surface area (Å²) in [5.74, 6) is -0.278. The van der Waals surface area contributed by atoms with Crippen molar-refractivity contribution in [1.29, 1.82) is 0 Å². The van der Waals surface area contributed by atoms with Gasteiger partial charge in [-0.15, -0.1) is 0 Å². The van der Waals surface area contributed by atoms with Gasteiger partial charge < -0.3 is 10.5 Å². The maximum atomic E-state index is 11.4. The van der Waals surface area contributed by atoms with Crippen molar-refractivity contribution < 1.29 is 9.53 Å². The molecule has 0 aliphatic carbocycles. The lowest BCUT2D eigenvalue weighted by Crippen LogP contribution is -2.17. The van der Waals surface area contributed by atoms with E-state index in [9.17, 15) is 4.79 Å². The summed E-state index contributed by atoms with van der Waals surface area (Å²) in [5, 5.41) is 0. The third kappa shape index (κ3) is 3.19. The zero-order chi connectivity index (χ0) is 11.5. The number of hydrogen-bond acceptors (Lipinski definition) is 5. The smallest absolute Gasteiger partial charge is 0.376 e. The lowest BCUT2D eigenvalue weighted by atomic mass is 9.95. The number of carbonyl (C=O) groups is 1. The third-order valence-corrected chi connectivity index (χ3v) is 1.73. The van der Waals surface area contributed by atoms with E-state index in [0.29, 0.717) is 6.61 Å². The second kappa shape index (κ2) is 4.25. The first-order valence-corrected chi connectivity index (χ1v) is 4.74. The predicted molar refractivity (Wildman–Crippen MR) is 58.6 cm³/mol. The number of esters is 1. The summed E-state index contributed by atoms with van der Waals surface area (Å²) in [6.07, 6.45) is 3.37. The molecule has 5 nitrogen and oxygen atoms in total. The molecule has 1 heterocycles. The highest BCUT2D eigenvalue weighted by Gasteiger charge is 2.19. The van der Waals surface area contributed by atoms with Crippen molar-refractivity contribution in [3.05, 3.63) is 11.9 Å². The Morgan fingerprint density at radius 3 is 2.87 bits per heavy atom. The topological polar surface area (TPSA) is 77.0 Å². The molecule has 0 saturated carbocycles. The summed E-state index contributed by atoms with van der Waals surface area (Å²) >= 11 is 0. The zero-order valence-corrected chi connectivity index (χ0v) is 9.15. The highest BCUT2D eigenvalue weighted by atomic mass is 16.5. The van der Waals surface area contributed by atoms with Gasteiger partial charge >= 0.3 is 5.97 Å². The lowest BCUT2D eigenvalue weighted by molar-refractivity contribution is -0.135. The Morgan fingerprint density at radius 1 is 1.60 bits per heavy atom. The molecule has 0 radical (unpaired) electrons. The fourth-order valence-corrected chi connectivity index (χ4v) is 1.12. The van der Waals surface area contributed by atoms with Crippen LogP contribution in [0.25, 0.3) is 0 Å². The van der Waals surface area contributed by atoms with Crippen LogP contribution in [0.2, 0.25) is 0 Å². The number of rotatable bonds is 2. The number of aliphatic imine (C=N–C) groups is 2. The average molecular weight is 209 g/mol. The molecule has 0 unspecified atom stereocenters. The number of carbonyl (C=O) groups excluding carboxylic acids is 1. The van der Waals surface area contributed by atoms with Gasteiger partial charge in [0.05, 0.1) is 6.61 Å². The van der Waals surface area contributed by atoms with Crippen LogP contribution >= 0.6 is 0 Å².